The van der Waals surface area contributed by atoms with Crippen LogP contribution < -0.4 is 0 Å². The molecule has 6 nitrogen and oxygen atoms in total. The Morgan fingerprint density at radius 2 is 2.18 bits per heavy atom. The van der Waals surface area contributed by atoms with Gasteiger partial charge in [0.1, 0.15) is 6.10 Å². The predicted molar refractivity (Wildman–Crippen MR) is 77.4 cm³/mol. The first-order valence-electron chi connectivity index (χ1n) is 7.60. The number of morpholine rings is 1. The van der Waals surface area contributed by atoms with Gasteiger partial charge < -0.3 is 14.2 Å². The number of nitrogens with zero attached hydrogens (tertiary/aromatic N) is 3. The fraction of sp³-hybridized carbons (Fsp3) is 0.438. The normalized spacial score (nSPS) is 20.9. The van der Waals surface area contributed by atoms with Crippen molar-refractivity contribution >= 4 is 5.91 Å². The number of fused-ring (bicyclic) bond motifs is 1. The van der Waals surface area contributed by atoms with Gasteiger partial charge in [0.2, 0.25) is 12.2 Å². The number of carbonyl (C=O) groups excluding carboxylic acids is 1. The van der Waals surface area contributed by atoms with Crippen molar-refractivity contribution in [2.75, 3.05) is 19.7 Å². The molecule has 1 aromatic carbocycles. The number of hydrogen-bond donors (Lipinski definition) is 0. The molecular formula is C16H17N3O3. The zero-order chi connectivity index (χ0) is 14.9. The van der Waals surface area contributed by atoms with Crippen molar-refractivity contribution in [3.63, 3.8) is 0 Å². The number of carbonyl (C=O) groups is 1. The Morgan fingerprint density at radius 3 is 3.05 bits per heavy atom. The molecular weight excluding hydrogens is 282 g/mol. The molecule has 2 heterocycles. The minimum Gasteiger partial charge on any atom is -0.366 e. The molecule has 1 atom stereocenters. The third kappa shape index (κ3) is 2.39. The number of hydrogen-bond acceptors (Lipinski definition) is 5. The molecule has 0 N–H and O–H groups in total. The van der Waals surface area contributed by atoms with Gasteiger partial charge in [-0.25, -0.2) is 0 Å². The van der Waals surface area contributed by atoms with Crippen LogP contribution in [0.1, 0.15) is 39.8 Å². The highest BCUT2D eigenvalue weighted by Gasteiger charge is 2.29. The lowest BCUT2D eigenvalue weighted by Gasteiger charge is -2.31. The van der Waals surface area contributed by atoms with Gasteiger partial charge in [-0.15, -0.1) is 0 Å². The third-order valence-electron chi connectivity index (χ3n) is 4.37. The summed E-state index contributed by atoms with van der Waals surface area (Å²) in [5.41, 5.74) is 3.45. The number of aromatic nitrogens is 2. The summed E-state index contributed by atoms with van der Waals surface area (Å²) in [6.07, 6.45) is 4.35. The van der Waals surface area contributed by atoms with E-state index in [1.54, 1.807) is 4.90 Å². The summed E-state index contributed by atoms with van der Waals surface area (Å²) in [6.45, 7) is 1.52. The molecule has 1 unspecified atom stereocenters. The van der Waals surface area contributed by atoms with Crippen molar-refractivity contribution < 1.29 is 14.1 Å². The quantitative estimate of drug-likeness (QED) is 0.845. The Kier molecular flexibility index (Phi) is 3.38. The Morgan fingerprint density at radius 1 is 1.27 bits per heavy atom. The van der Waals surface area contributed by atoms with E-state index in [0.717, 1.165) is 18.4 Å². The predicted octanol–water partition coefficient (Wildman–Crippen LogP) is 1.77. The standard InChI is InChI=1S/C16H17N3O3/c20-16(13-5-4-11-2-1-3-12(11)8-13)19-6-7-21-14(9-19)15-17-10-22-18-15/h4-5,8,10,14H,1-3,6-7,9H2. The van der Waals surface area contributed by atoms with E-state index in [2.05, 4.69) is 16.2 Å². The number of amides is 1. The fourth-order valence-corrected chi connectivity index (χ4v) is 3.20. The van der Waals surface area contributed by atoms with Crippen molar-refractivity contribution in [3.8, 4) is 0 Å². The van der Waals surface area contributed by atoms with Gasteiger partial charge in [0.15, 0.2) is 0 Å². The van der Waals surface area contributed by atoms with Gasteiger partial charge in [-0.2, -0.15) is 4.98 Å². The van der Waals surface area contributed by atoms with Gasteiger partial charge >= 0.3 is 0 Å². The second kappa shape index (κ2) is 5.53. The van der Waals surface area contributed by atoms with Crippen LogP contribution in [0.15, 0.2) is 29.1 Å². The molecule has 0 saturated carbocycles. The van der Waals surface area contributed by atoms with Crippen molar-refractivity contribution in [1.29, 1.82) is 0 Å². The first kappa shape index (κ1) is 13.5. The fourth-order valence-electron chi connectivity index (χ4n) is 3.20. The van der Waals surface area contributed by atoms with Crippen LogP contribution in [0, 0.1) is 0 Å². The summed E-state index contributed by atoms with van der Waals surface area (Å²) < 4.78 is 10.4. The molecule has 6 heteroatoms. The van der Waals surface area contributed by atoms with Crippen molar-refractivity contribution in [1.82, 2.24) is 15.0 Å². The van der Waals surface area contributed by atoms with Crippen LogP contribution in [0.4, 0.5) is 0 Å². The van der Waals surface area contributed by atoms with Gasteiger partial charge in [-0.1, -0.05) is 11.2 Å². The lowest BCUT2D eigenvalue weighted by molar-refractivity contribution is -0.0276. The zero-order valence-corrected chi connectivity index (χ0v) is 12.2. The van der Waals surface area contributed by atoms with E-state index in [9.17, 15) is 4.79 Å². The topological polar surface area (TPSA) is 68.5 Å². The molecule has 1 fully saturated rings. The monoisotopic (exact) mass is 299 g/mol. The summed E-state index contributed by atoms with van der Waals surface area (Å²) in [7, 11) is 0. The van der Waals surface area contributed by atoms with E-state index in [-0.39, 0.29) is 12.0 Å². The lowest BCUT2D eigenvalue weighted by Crippen LogP contribution is -2.42. The Hall–Kier alpha value is -2.21. The van der Waals surface area contributed by atoms with Gasteiger partial charge in [0, 0.05) is 12.1 Å². The number of benzene rings is 1. The Bertz CT molecular complexity index is 684. The highest BCUT2D eigenvalue weighted by molar-refractivity contribution is 5.94. The largest absolute Gasteiger partial charge is 0.366 e. The molecule has 2 aliphatic rings. The number of ether oxygens (including phenoxy) is 1. The smallest absolute Gasteiger partial charge is 0.254 e. The molecule has 1 amide bonds. The van der Waals surface area contributed by atoms with E-state index in [1.165, 1.54) is 23.9 Å². The minimum atomic E-state index is -0.314. The minimum absolute atomic E-state index is 0.0477. The molecule has 1 aliphatic heterocycles. The summed E-state index contributed by atoms with van der Waals surface area (Å²) in [5, 5.41) is 3.80. The molecule has 1 aliphatic carbocycles. The maximum Gasteiger partial charge on any atom is 0.254 e. The van der Waals surface area contributed by atoms with Crippen LogP contribution in [0.2, 0.25) is 0 Å². The van der Waals surface area contributed by atoms with E-state index in [0.29, 0.717) is 25.5 Å². The average molecular weight is 299 g/mol. The van der Waals surface area contributed by atoms with Gasteiger partial charge in [-0.3, -0.25) is 4.79 Å². The van der Waals surface area contributed by atoms with E-state index in [4.69, 9.17) is 9.26 Å². The Balaban J connectivity index is 1.52. The maximum atomic E-state index is 12.7. The molecule has 2 aromatic rings. The van der Waals surface area contributed by atoms with Crippen LogP contribution in [0.25, 0.3) is 0 Å². The molecule has 0 bridgehead atoms. The van der Waals surface area contributed by atoms with Gasteiger partial charge in [-0.05, 0) is 42.5 Å². The zero-order valence-electron chi connectivity index (χ0n) is 12.2. The van der Waals surface area contributed by atoms with Gasteiger partial charge in [0.05, 0.1) is 13.2 Å². The molecule has 0 spiro atoms. The summed E-state index contributed by atoms with van der Waals surface area (Å²) in [4.78, 5) is 18.5. The van der Waals surface area contributed by atoms with Crippen molar-refractivity contribution in [2.45, 2.75) is 25.4 Å². The molecule has 1 saturated heterocycles. The summed E-state index contributed by atoms with van der Waals surface area (Å²) in [6, 6.07) is 6.07. The van der Waals surface area contributed by atoms with Crippen molar-refractivity contribution in [2.24, 2.45) is 0 Å². The molecule has 4 rings (SSSR count). The second-order valence-electron chi connectivity index (χ2n) is 5.74. The highest BCUT2D eigenvalue weighted by atomic mass is 16.5. The lowest BCUT2D eigenvalue weighted by atomic mass is 10.1. The van der Waals surface area contributed by atoms with Crippen LogP contribution in [-0.4, -0.2) is 40.6 Å². The molecule has 22 heavy (non-hydrogen) atoms. The van der Waals surface area contributed by atoms with Crippen LogP contribution in [0.5, 0.6) is 0 Å². The third-order valence-corrected chi connectivity index (χ3v) is 4.37. The van der Waals surface area contributed by atoms with Crippen LogP contribution in [0.3, 0.4) is 0 Å². The summed E-state index contributed by atoms with van der Waals surface area (Å²) in [5.74, 6) is 0.540. The number of aryl methyl sites for hydroxylation is 2. The maximum absolute atomic E-state index is 12.7. The van der Waals surface area contributed by atoms with E-state index >= 15 is 0 Å². The van der Waals surface area contributed by atoms with E-state index < -0.39 is 0 Å². The van der Waals surface area contributed by atoms with Gasteiger partial charge in [0.25, 0.3) is 5.91 Å². The SMILES string of the molecule is O=C(c1ccc2c(c1)CCC2)N1CCOC(c2ncon2)C1. The van der Waals surface area contributed by atoms with Crippen molar-refractivity contribution in [3.05, 3.63) is 47.1 Å². The molecule has 0 radical (unpaired) electrons. The van der Waals surface area contributed by atoms with Crippen LogP contribution in [-0.2, 0) is 17.6 Å². The highest BCUT2D eigenvalue weighted by Crippen LogP contribution is 2.25. The molecule has 1 aromatic heterocycles. The average Bonchev–Trinajstić information content (AvgIpc) is 3.25. The molecule has 114 valence electrons. The summed E-state index contributed by atoms with van der Waals surface area (Å²) >= 11 is 0. The first-order valence-corrected chi connectivity index (χ1v) is 7.60. The second-order valence-corrected chi connectivity index (χ2v) is 5.74. The Labute approximate surface area is 128 Å². The first-order chi connectivity index (χ1) is 10.8. The number of rotatable bonds is 2. The van der Waals surface area contributed by atoms with E-state index in [1.807, 2.05) is 12.1 Å². The van der Waals surface area contributed by atoms with Crippen LogP contribution >= 0.6 is 0 Å².